The van der Waals surface area contributed by atoms with Gasteiger partial charge < -0.3 is 14.8 Å². The number of halogens is 2. The van der Waals surface area contributed by atoms with Gasteiger partial charge in [-0.05, 0) is 18.6 Å². The molecule has 2 aromatic rings. The van der Waals surface area contributed by atoms with E-state index in [2.05, 4.69) is 14.7 Å². The van der Waals surface area contributed by atoms with Crippen molar-refractivity contribution < 1.29 is 18.6 Å². The number of aromatic nitrogens is 2. The molecule has 0 aliphatic rings. The van der Waals surface area contributed by atoms with E-state index in [0.717, 1.165) is 0 Å². The van der Waals surface area contributed by atoms with Gasteiger partial charge in [-0.1, -0.05) is 19.1 Å². The Morgan fingerprint density at radius 2 is 2.10 bits per heavy atom. The van der Waals surface area contributed by atoms with E-state index in [1.165, 1.54) is 18.2 Å². The third-order valence-corrected chi connectivity index (χ3v) is 2.71. The Kier molecular flexibility index (Phi) is 3.97. The fraction of sp³-hybridized carbons (Fsp3) is 0.231. The van der Waals surface area contributed by atoms with E-state index < -0.39 is 18.1 Å². The summed E-state index contributed by atoms with van der Waals surface area (Å²) in [6.45, 7) is -1.30. The number of nitrogens with zero attached hydrogens (tertiary/aromatic N) is 1. The van der Waals surface area contributed by atoms with Crippen LogP contribution in [0.25, 0.3) is 11.4 Å². The number of hydrogen-bond acceptors (Lipinski definition) is 4. The highest BCUT2D eigenvalue weighted by molar-refractivity contribution is 5.64. The number of benzene rings is 1. The summed E-state index contributed by atoms with van der Waals surface area (Å²) in [6, 6.07) is 5.88. The van der Waals surface area contributed by atoms with Crippen LogP contribution in [-0.2, 0) is 6.42 Å². The van der Waals surface area contributed by atoms with Gasteiger partial charge in [0.1, 0.15) is 11.6 Å². The van der Waals surface area contributed by atoms with Crippen molar-refractivity contribution in [2.24, 2.45) is 0 Å². The van der Waals surface area contributed by atoms with Crippen LogP contribution in [0.4, 0.5) is 8.78 Å². The first-order valence-electron chi connectivity index (χ1n) is 5.89. The summed E-state index contributed by atoms with van der Waals surface area (Å²) >= 11 is 0. The van der Waals surface area contributed by atoms with Crippen LogP contribution in [0.15, 0.2) is 29.1 Å². The van der Waals surface area contributed by atoms with Crippen LogP contribution in [0.1, 0.15) is 12.5 Å². The van der Waals surface area contributed by atoms with Crippen molar-refractivity contribution in [1.29, 1.82) is 0 Å². The van der Waals surface area contributed by atoms with Crippen molar-refractivity contribution in [2.45, 2.75) is 20.0 Å². The molecule has 0 bridgehead atoms. The number of aromatic amines is 1. The minimum Gasteiger partial charge on any atom is -0.493 e. The number of hydrogen-bond donors (Lipinski definition) is 2. The van der Waals surface area contributed by atoms with Crippen LogP contribution < -0.4 is 10.3 Å². The number of nitrogens with one attached hydrogen (secondary N) is 1. The van der Waals surface area contributed by atoms with Crippen molar-refractivity contribution in [1.82, 2.24) is 9.97 Å². The molecular weight excluding hydrogens is 270 g/mol. The molecule has 0 aliphatic carbocycles. The lowest BCUT2D eigenvalue weighted by molar-refractivity contribution is -0.0494. The van der Waals surface area contributed by atoms with Crippen LogP contribution in [-0.4, -0.2) is 21.7 Å². The molecule has 106 valence electrons. The number of aromatic hydroxyl groups is 1. The fourth-order valence-electron chi connectivity index (χ4n) is 1.79. The second kappa shape index (κ2) is 5.68. The van der Waals surface area contributed by atoms with E-state index in [9.17, 15) is 18.7 Å². The lowest BCUT2D eigenvalue weighted by Crippen LogP contribution is -2.15. The molecule has 2 rings (SSSR count). The molecule has 0 unspecified atom stereocenters. The van der Waals surface area contributed by atoms with Crippen molar-refractivity contribution in [2.75, 3.05) is 0 Å². The third kappa shape index (κ3) is 2.76. The van der Waals surface area contributed by atoms with E-state index in [0.29, 0.717) is 6.42 Å². The molecule has 20 heavy (non-hydrogen) atoms. The number of alkyl halides is 2. The van der Waals surface area contributed by atoms with Crippen LogP contribution in [0.5, 0.6) is 11.6 Å². The summed E-state index contributed by atoms with van der Waals surface area (Å²) in [5, 5.41) is 9.69. The second-order valence-electron chi connectivity index (χ2n) is 3.94. The molecule has 0 amide bonds. The lowest BCUT2D eigenvalue weighted by atomic mass is 10.1. The van der Waals surface area contributed by atoms with Crippen LogP contribution in [0, 0.1) is 0 Å². The van der Waals surface area contributed by atoms with Gasteiger partial charge in [0.15, 0.2) is 0 Å². The first kappa shape index (κ1) is 14.0. The number of H-pyrrole nitrogens is 1. The first-order chi connectivity index (χ1) is 9.52. The molecule has 1 heterocycles. The Labute approximate surface area is 112 Å². The zero-order chi connectivity index (χ0) is 14.7. The molecule has 1 aromatic heterocycles. The summed E-state index contributed by atoms with van der Waals surface area (Å²) in [5.74, 6) is -0.576. The fourth-order valence-corrected chi connectivity index (χ4v) is 1.79. The molecule has 0 radical (unpaired) electrons. The maximum Gasteiger partial charge on any atom is 0.387 e. The molecule has 0 saturated carbocycles. The van der Waals surface area contributed by atoms with E-state index >= 15 is 0 Å². The van der Waals surface area contributed by atoms with Crippen LogP contribution >= 0.6 is 0 Å². The molecule has 2 N–H and O–H groups in total. The number of rotatable bonds is 4. The summed E-state index contributed by atoms with van der Waals surface area (Å²) < 4.78 is 29.0. The molecule has 7 heteroatoms. The van der Waals surface area contributed by atoms with Crippen LogP contribution in [0.3, 0.4) is 0 Å². The third-order valence-electron chi connectivity index (χ3n) is 2.71. The van der Waals surface area contributed by atoms with Crippen molar-refractivity contribution in [3.8, 4) is 23.0 Å². The quantitative estimate of drug-likeness (QED) is 0.902. The Morgan fingerprint density at radius 1 is 1.40 bits per heavy atom. The SMILES string of the molecule is CCc1c(O)nc(-c2ccccc2OC(F)F)[nH]c1=O. The maximum absolute atomic E-state index is 12.3. The molecular formula is C13H12F2N2O3. The molecule has 1 aromatic carbocycles. The molecule has 0 aliphatic heterocycles. The Hall–Kier alpha value is -2.44. The maximum atomic E-state index is 12.3. The highest BCUT2D eigenvalue weighted by Gasteiger charge is 2.15. The summed E-state index contributed by atoms with van der Waals surface area (Å²) in [4.78, 5) is 18.0. The summed E-state index contributed by atoms with van der Waals surface area (Å²) in [5.41, 5.74) is -0.203. The molecule has 0 fully saturated rings. The number of para-hydroxylation sites is 1. The van der Waals surface area contributed by atoms with E-state index in [1.807, 2.05) is 0 Å². The van der Waals surface area contributed by atoms with Gasteiger partial charge in [-0.3, -0.25) is 4.79 Å². The van der Waals surface area contributed by atoms with Gasteiger partial charge in [-0.2, -0.15) is 13.8 Å². The molecule has 5 nitrogen and oxygen atoms in total. The topological polar surface area (TPSA) is 75.2 Å². The van der Waals surface area contributed by atoms with E-state index in [4.69, 9.17) is 0 Å². The minimum atomic E-state index is -2.99. The van der Waals surface area contributed by atoms with E-state index in [-0.39, 0.29) is 22.7 Å². The van der Waals surface area contributed by atoms with Crippen molar-refractivity contribution in [3.63, 3.8) is 0 Å². The van der Waals surface area contributed by atoms with Gasteiger partial charge in [0.25, 0.3) is 5.56 Å². The number of ether oxygens (including phenoxy) is 1. The van der Waals surface area contributed by atoms with Crippen molar-refractivity contribution >= 4 is 0 Å². The van der Waals surface area contributed by atoms with Gasteiger partial charge >= 0.3 is 6.61 Å². The average molecular weight is 282 g/mol. The monoisotopic (exact) mass is 282 g/mol. The van der Waals surface area contributed by atoms with E-state index in [1.54, 1.807) is 13.0 Å². The minimum absolute atomic E-state index is 0.0269. The summed E-state index contributed by atoms with van der Waals surface area (Å²) in [7, 11) is 0. The first-order valence-corrected chi connectivity index (χ1v) is 5.89. The Balaban J connectivity index is 2.55. The Bertz CT molecular complexity index is 671. The predicted molar refractivity (Wildman–Crippen MR) is 68.0 cm³/mol. The molecule has 0 saturated heterocycles. The van der Waals surface area contributed by atoms with Gasteiger partial charge in [0.2, 0.25) is 5.88 Å². The standard InChI is InChI=1S/C13H12F2N2O3/c1-2-7-11(18)16-10(17-12(7)19)8-5-3-4-6-9(8)20-13(14)15/h3-6,13H,2H2,1H3,(H2,16,17,18,19). The average Bonchev–Trinajstić information content (AvgIpc) is 2.38. The highest BCUT2D eigenvalue weighted by Crippen LogP contribution is 2.29. The zero-order valence-electron chi connectivity index (χ0n) is 10.6. The van der Waals surface area contributed by atoms with Crippen molar-refractivity contribution in [3.05, 3.63) is 40.2 Å². The van der Waals surface area contributed by atoms with Gasteiger partial charge in [0, 0.05) is 0 Å². The van der Waals surface area contributed by atoms with Gasteiger partial charge in [-0.25, -0.2) is 0 Å². The predicted octanol–water partition coefficient (Wildman–Crippen LogP) is 2.31. The normalized spacial score (nSPS) is 10.8. The highest BCUT2D eigenvalue weighted by atomic mass is 19.3. The molecule has 0 atom stereocenters. The van der Waals surface area contributed by atoms with Gasteiger partial charge in [-0.15, -0.1) is 0 Å². The zero-order valence-corrected chi connectivity index (χ0v) is 10.6. The van der Waals surface area contributed by atoms with Crippen LogP contribution in [0.2, 0.25) is 0 Å². The smallest absolute Gasteiger partial charge is 0.387 e. The summed E-state index contributed by atoms with van der Waals surface area (Å²) in [6.07, 6.45) is 0.309. The van der Waals surface area contributed by atoms with Gasteiger partial charge in [0.05, 0.1) is 11.1 Å². The lowest BCUT2D eigenvalue weighted by Gasteiger charge is -2.10. The Morgan fingerprint density at radius 3 is 2.70 bits per heavy atom. The largest absolute Gasteiger partial charge is 0.493 e. The second-order valence-corrected chi connectivity index (χ2v) is 3.94. The molecule has 0 spiro atoms.